The maximum absolute atomic E-state index is 13.2. The SMILES string of the molecule is COc1ccc(F)cc1-c1cncnc1Cl. The van der Waals surface area contributed by atoms with Gasteiger partial charge in [0.15, 0.2) is 0 Å². The number of rotatable bonds is 2. The lowest BCUT2D eigenvalue weighted by Gasteiger charge is -2.08. The third-order valence-corrected chi connectivity index (χ3v) is 2.42. The van der Waals surface area contributed by atoms with E-state index < -0.39 is 0 Å². The Morgan fingerprint density at radius 2 is 2.12 bits per heavy atom. The summed E-state index contributed by atoms with van der Waals surface area (Å²) in [6.45, 7) is 0. The van der Waals surface area contributed by atoms with Crippen molar-refractivity contribution < 1.29 is 9.13 Å². The van der Waals surface area contributed by atoms with Crippen LogP contribution in [-0.4, -0.2) is 17.1 Å². The number of methoxy groups -OCH3 is 1. The molecule has 0 saturated carbocycles. The Hall–Kier alpha value is -1.68. The predicted molar refractivity (Wildman–Crippen MR) is 59.0 cm³/mol. The zero-order valence-corrected chi connectivity index (χ0v) is 9.20. The number of hydrogen-bond acceptors (Lipinski definition) is 3. The summed E-state index contributed by atoms with van der Waals surface area (Å²) in [5.41, 5.74) is 1.08. The fourth-order valence-corrected chi connectivity index (χ4v) is 1.58. The molecule has 0 unspecified atom stereocenters. The van der Waals surface area contributed by atoms with Crippen LogP contribution in [0.2, 0.25) is 5.15 Å². The van der Waals surface area contributed by atoms with Gasteiger partial charge in [0.1, 0.15) is 23.0 Å². The summed E-state index contributed by atoms with van der Waals surface area (Å²) in [5, 5.41) is 0.263. The van der Waals surface area contributed by atoms with Gasteiger partial charge in [0, 0.05) is 17.3 Å². The highest BCUT2D eigenvalue weighted by molar-refractivity contribution is 6.32. The summed E-state index contributed by atoms with van der Waals surface area (Å²) in [4.78, 5) is 7.69. The highest BCUT2D eigenvalue weighted by Gasteiger charge is 2.11. The molecule has 0 aliphatic carbocycles. The van der Waals surface area contributed by atoms with E-state index in [9.17, 15) is 4.39 Å². The largest absolute Gasteiger partial charge is 0.496 e. The van der Waals surface area contributed by atoms with E-state index in [2.05, 4.69) is 9.97 Å². The van der Waals surface area contributed by atoms with Gasteiger partial charge in [-0.05, 0) is 18.2 Å². The van der Waals surface area contributed by atoms with Crippen LogP contribution in [0.5, 0.6) is 5.75 Å². The number of nitrogens with zero attached hydrogens (tertiary/aromatic N) is 2. The molecule has 0 atom stereocenters. The third kappa shape index (κ3) is 1.97. The van der Waals surface area contributed by atoms with Crippen LogP contribution in [0, 0.1) is 5.82 Å². The number of halogens is 2. The van der Waals surface area contributed by atoms with E-state index in [-0.39, 0.29) is 11.0 Å². The molecule has 3 nitrogen and oxygen atoms in total. The second-order valence-corrected chi connectivity index (χ2v) is 3.43. The Bertz CT molecular complexity index is 519. The Kier molecular flexibility index (Phi) is 3.01. The third-order valence-electron chi connectivity index (χ3n) is 2.12. The van der Waals surface area contributed by atoms with E-state index in [1.165, 1.54) is 37.8 Å². The van der Waals surface area contributed by atoms with Gasteiger partial charge < -0.3 is 4.74 Å². The number of hydrogen-bond donors (Lipinski definition) is 0. The molecular formula is C11H8ClFN2O. The van der Waals surface area contributed by atoms with Crippen LogP contribution in [0.15, 0.2) is 30.7 Å². The lowest BCUT2D eigenvalue weighted by molar-refractivity contribution is 0.415. The Morgan fingerprint density at radius 1 is 1.31 bits per heavy atom. The molecule has 0 bridgehead atoms. The average Bonchev–Trinajstić information content (AvgIpc) is 2.29. The first-order valence-electron chi connectivity index (χ1n) is 4.52. The summed E-state index contributed by atoms with van der Waals surface area (Å²) >= 11 is 5.91. The molecule has 1 aromatic carbocycles. The molecule has 5 heteroatoms. The lowest BCUT2D eigenvalue weighted by Crippen LogP contribution is -1.91. The molecule has 0 N–H and O–H groups in total. The fraction of sp³-hybridized carbons (Fsp3) is 0.0909. The normalized spacial score (nSPS) is 10.2. The standard InChI is InChI=1S/C11H8ClFN2O/c1-16-10-3-2-7(13)4-8(10)9-5-14-6-15-11(9)12/h2-6H,1H3. The van der Waals surface area contributed by atoms with Gasteiger partial charge in [0.25, 0.3) is 0 Å². The van der Waals surface area contributed by atoms with Crippen molar-refractivity contribution in [2.45, 2.75) is 0 Å². The second kappa shape index (κ2) is 4.45. The number of ether oxygens (including phenoxy) is 1. The smallest absolute Gasteiger partial charge is 0.140 e. The van der Waals surface area contributed by atoms with Gasteiger partial charge in [0.05, 0.1) is 7.11 Å². The first kappa shape index (κ1) is 10.8. The van der Waals surface area contributed by atoms with Crippen LogP contribution in [0.25, 0.3) is 11.1 Å². The summed E-state index contributed by atoms with van der Waals surface area (Å²) in [5.74, 6) is 0.161. The number of aromatic nitrogens is 2. The lowest BCUT2D eigenvalue weighted by atomic mass is 10.1. The molecule has 0 aliphatic rings. The minimum atomic E-state index is -0.365. The van der Waals surface area contributed by atoms with Gasteiger partial charge in [0.2, 0.25) is 0 Å². The van der Waals surface area contributed by atoms with Gasteiger partial charge >= 0.3 is 0 Å². The predicted octanol–water partition coefficient (Wildman–Crippen LogP) is 2.94. The minimum absolute atomic E-state index is 0.263. The molecule has 2 rings (SSSR count). The van der Waals surface area contributed by atoms with Gasteiger partial charge in [-0.1, -0.05) is 11.6 Å². The van der Waals surface area contributed by atoms with Gasteiger partial charge in [-0.3, -0.25) is 0 Å². The van der Waals surface area contributed by atoms with Crippen molar-refractivity contribution in [2.24, 2.45) is 0 Å². The van der Waals surface area contributed by atoms with Crippen LogP contribution in [0.1, 0.15) is 0 Å². The Labute approximate surface area is 96.9 Å². The van der Waals surface area contributed by atoms with E-state index in [4.69, 9.17) is 16.3 Å². The highest BCUT2D eigenvalue weighted by atomic mass is 35.5. The first-order valence-corrected chi connectivity index (χ1v) is 4.89. The average molecular weight is 239 g/mol. The van der Waals surface area contributed by atoms with Crippen molar-refractivity contribution in [2.75, 3.05) is 7.11 Å². The maximum Gasteiger partial charge on any atom is 0.140 e. The molecule has 0 radical (unpaired) electrons. The van der Waals surface area contributed by atoms with Gasteiger partial charge in [-0.2, -0.15) is 0 Å². The number of benzene rings is 1. The van der Waals surface area contributed by atoms with Crippen LogP contribution < -0.4 is 4.74 Å². The molecule has 1 heterocycles. The van der Waals surface area contributed by atoms with Crippen molar-refractivity contribution in [1.82, 2.24) is 9.97 Å². The monoisotopic (exact) mass is 238 g/mol. The van der Waals surface area contributed by atoms with Gasteiger partial charge in [-0.15, -0.1) is 0 Å². The molecule has 0 amide bonds. The van der Waals surface area contributed by atoms with Crippen LogP contribution in [0.3, 0.4) is 0 Å². The Balaban J connectivity index is 2.63. The van der Waals surface area contributed by atoms with Gasteiger partial charge in [-0.25, -0.2) is 14.4 Å². The van der Waals surface area contributed by atoms with E-state index in [0.717, 1.165) is 0 Å². The van der Waals surface area contributed by atoms with Crippen molar-refractivity contribution in [3.63, 3.8) is 0 Å². The van der Waals surface area contributed by atoms with Crippen LogP contribution in [-0.2, 0) is 0 Å². The first-order chi connectivity index (χ1) is 7.72. The molecule has 82 valence electrons. The van der Waals surface area contributed by atoms with E-state index >= 15 is 0 Å². The molecule has 2 aromatic rings. The summed E-state index contributed by atoms with van der Waals surface area (Å²) in [7, 11) is 1.51. The van der Waals surface area contributed by atoms with E-state index in [1.807, 2.05) is 0 Å². The fourth-order valence-electron chi connectivity index (χ4n) is 1.39. The quantitative estimate of drug-likeness (QED) is 0.755. The molecule has 0 fully saturated rings. The molecule has 0 aliphatic heterocycles. The Morgan fingerprint density at radius 3 is 2.81 bits per heavy atom. The molecule has 1 aromatic heterocycles. The van der Waals surface area contributed by atoms with Crippen molar-refractivity contribution in [1.29, 1.82) is 0 Å². The van der Waals surface area contributed by atoms with E-state index in [1.54, 1.807) is 0 Å². The summed E-state index contributed by atoms with van der Waals surface area (Å²) in [6, 6.07) is 4.19. The van der Waals surface area contributed by atoms with E-state index in [0.29, 0.717) is 16.9 Å². The maximum atomic E-state index is 13.2. The summed E-state index contributed by atoms with van der Waals surface area (Å²) in [6.07, 6.45) is 2.85. The van der Waals surface area contributed by atoms with Crippen molar-refractivity contribution in [3.05, 3.63) is 41.7 Å². The minimum Gasteiger partial charge on any atom is -0.496 e. The van der Waals surface area contributed by atoms with Crippen LogP contribution >= 0.6 is 11.6 Å². The molecule has 16 heavy (non-hydrogen) atoms. The van der Waals surface area contributed by atoms with Crippen molar-refractivity contribution >= 4 is 11.6 Å². The highest BCUT2D eigenvalue weighted by Crippen LogP contribution is 2.33. The molecular weight excluding hydrogens is 231 g/mol. The molecule has 0 saturated heterocycles. The zero-order chi connectivity index (χ0) is 11.5. The molecule has 0 spiro atoms. The second-order valence-electron chi connectivity index (χ2n) is 3.07. The zero-order valence-electron chi connectivity index (χ0n) is 8.45. The summed E-state index contributed by atoms with van der Waals surface area (Å²) < 4.78 is 18.3. The van der Waals surface area contributed by atoms with Crippen molar-refractivity contribution in [3.8, 4) is 16.9 Å². The van der Waals surface area contributed by atoms with Crippen LogP contribution in [0.4, 0.5) is 4.39 Å². The topological polar surface area (TPSA) is 35.0 Å².